The lowest BCUT2D eigenvalue weighted by molar-refractivity contribution is -0.138. The number of fused-ring (bicyclic) bond motifs is 3. The second-order valence-corrected chi connectivity index (χ2v) is 10.8. The van der Waals surface area contributed by atoms with Gasteiger partial charge >= 0.3 is 0 Å². The molecule has 8 N–H and O–H groups in total. The molecule has 0 radical (unpaired) electrons. The molecule has 200 valence electrons. The Balaban J connectivity index is 1.85. The summed E-state index contributed by atoms with van der Waals surface area (Å²) in [4.78, 5) is 27.4. The standard InChI is InChI=1S/C26H33FN4O6/c1-10(2)8-30-9-12-7-15(32)17-13(19(12)27)5-11-6-14-20(31(3)4)22(34)18(25(29)36)23(28)26(14,37)24(35)16(11)21(17)33/h7,10-11,14,20,28,30,32-34,37H,5-6,8-9H2,1-4H3,(H2,29,36)/t11-,14-,20-,26+/m0/s1. The van der Waals surface area contributed by atoms with E-state index in [1.807, 2.05) is 13.8 Å². The number of aliphatic hydroxyl groups is 3. The minimum atomic E-state index is -2.57. The summed E-state index contributed by atoms with van der Waals surface area (Å²) in [5.74, 6) is -5.96. The summed E-state index contributed by atoms with van der Waals surface area (Å²) in [7, 11) is 3.15. The van der Waals surface area contributed by atoms with Crippen LogP contribution in [0.4, 0.5) is 4.39 Å². The highest BCUT2D eigenvalue weighted by Gasteiger charge is 2.63. The number of phenols is 1. The second kappa shape index (κ2) is 9.23. The number of nitrogens with two attached hydrogens (primary N) is 1. The summed E-state index contributed by atoms with van der Waals surface area (Å²) in [6, 6.07) is 0.153. The van der Waals surface area contributed by atoms with E-state index in [2.05, 4.69) is 5.32 Å². The highest BCUT2D eigenvalue weighted by Crippen LogP contribution is 2.52. The number of nitrogens with zero attached hydrogens (tertiary/aromatic N) is 1. The first-order valence-corrected chi connectivity index (χ1v) is 12.2. The van der Waals surface area contributed by atoms with Crippen molar-refractivity contribution in [1.29, 1.82) is 5.41 Å². The highest BCUT2D eigenvalue weighted by atomic mass is 19.1. The van der Waals surface area contributed by atoms with Crippen molar-refractivity contribution in [2.45, 2.75) is 44.9 Å². The Kier molecular flexibility index (Phi) is 6.68. The molecule has 4 atom stereocenters. The Morgan fingerprint density at radius 1 is 1.32 bits per heavy atom. The van der Waals surface area contributed by atoms with Crippen LogP contribution in [0.2, 0.25) is 0 Å². The summed E-state index contributed by atoms with van der Waals surface area (Å²) < 4.78 is 15.6. The normalized spacial score (nSPS) is 27.5. The fraction of sp³-hybridized carbons (Fsp3) is 0.500. The molecule has 10 nitrogen and oxygen atoms in total. The van der Waals surface area contributed by atoms with Crippen molar-refractivity contribution in [1.82, 2.24) is 10.2 Å². The summed E-state index contributed by atoms with van der Waals surface area (Å²) in [5.41, 5.74) is 1.08. The van der Waals surface area contributed by atoms with Gasteiger partial charge in [-0.3, -0.25) is 14.5 Å². The molecule has 1 fully saturated rings. The predicted octanol–water partition coefficient (Wildman–Crippen LogP) is 1.30. The molecule has 4 rings (SSSR count). The Labute approximate surface area is 213 Å². The number of hydrogen-bond acceptors (Lipinski definition) is 9. The fourth-order valence-electron chi connectivity index (χ4n) is 6.03. The van der Waals surface area contributed by atoms with E-state index in [4.69, 9.17) is 11.1 Å². The maximum Gasteiger partial charge on any atom is 0.254 e. The summed E-state index contributed by atoms with van der Waals surface area (Å²) >= 11 is 0. The van der Waals surface area contributed by atoms with E-state index in [9.17, 15) is 30.0 Å². The maximum atomic E-state index is 15.6. The van der Waals surface area contributed by atoms with E-state index in [1.54, 1.807) is 14.1 Å². The van der Waals surface area contributed by atoms with Crippen molar-refractivity contribution in [3.05, 3.63) is 45.5 Å². The summed E-state index contributed by atoms with van der Waals surface area (Å²) in [6.07, 6.45) is -0.0659. The first-order chi connectivity index (χ1) is 17.2. The minimum Gasteiger partial charge on any atom is -0.510 e. The van der Waals surface area contributed by atoms with E-state index in [0.29, 0.717) is 12.5 Å². The number of ketones is 1. The molecule has 0 aliphatic heterocycles. The minimum absolute atomic E-state index is 0.0154. The smallest absolute Gasteiger partial charge is 0.254 e. The average Bonchev–Trinajstić information content (AvgIpc) is 2.78. The van der Waals surface area contributed by atoms with E-state index in [0.717, 1.165) is 0 Å². The number of hydrogen-bond donors (Lipinski definition) is 7. The van der Waals surface area contributed by atoms with Crippen LogP contribution in [0.1, 0.15) is 37.0 Å². The van der Waals surface area contributed by atoms with Crippen molar-refractivity contribution in [2.75, 3.05) is 20.6 Å². The Bertz CT molecular complexity index is 1270. The first-order valence-electron chi connectivity index (χ1n) is 12.2. The number of benzene rings is 1. The molecule has 0 bridgehead atoms. The first kappa shape index (κ1) is 26.8. The molecule has 3 aliphatic rings. The summed E-state index contributed by atoms with van der Waals surface area (Å²) in [5, 5.41) is 55.9. The third-order valence-electron chi connectivity index (χ3n) is 7.65. The molecule has 0 spiro atoms. The van der Waals surface area contributed by atoms with Crippen LogP contribution in [0.3, 0.4) is 0 Å². The quantitative estimate of drug-likeness (QED) is 0.295. The fourth-order valence-corrected chi connectivity index (χ4v) is 6.03. The molecule has 1 amide bonds. The topological polar surface area (TPSA) is 180 Å². The number of primary amides is 1. The molecule has 1 aromatic carbocycles. The average molecular weight is 517 g/mol. The molecule has 0 heterocycles. The van der Waals surface area contributed by atoms with Crippen LogP contribution < -0.4 is 11.1 Å². The van der Waals surface area contributed by atoms with E-state index < -0.39 is 69.5 Å². The number of halogens is 1. The van der Waals surface area contributed by atoms with Gasteiger partial charge in [-0.2, -0.15) is 0 Å². The molecule has 1 aromatic rings. The Morgan fingerprint density at radius 3 is 2.54 bits per heavy atom. The Morgan fingerprint density at radius 2 is 1.97 bits per heavy atom. The van der Waals surface area contributed by atoms with Crippen LogP contribution in [0.15, 0.2) is 23.0 Å². The summed E-state index contributed by atoms with van der Waals surface area (Å²) in [6.45, 7) is 4.80. The van der Waals surface area contributed by atoms with Gasteiger partial charge < -0.3 is 36.9 Å². The van der Waals surface area contributed by atoms with Gasteiger partial charge in [0.25, 0.3) is 5.91 Å². The molecular weight excluding hydrogens is 483 g/mol. The van der Waals surface area contributed by atoms with E-state index >= 15 is 4.39 Å². The lowest BCUT2D eigenvalue weighted by Gasteiger charge is -2.51. The second-order valence-electron chi connectivity index (χ2n) is 10.8. The lowest BCUT2D eigenvalue weighted by Crippen LogP contribution is -2.67. The SMILES string of the molecule is CC(C)CNCc1cc(O)c2c(c1F)C[C@H]1C[C@H]3[C@H](N(C)C)C(O)=C(C(N)=O)C(=N)[C@@]3(O)C(=O)C1=C2O. The molecule has 1 saturated carbocycles. The van der Waals surface area contributed by atoms with Crippen molar-refractivity contribution in [3.63, 3.8) is 0 Å². The zero-order valence-electron chi connectivity index (χ0n) is 21.2. The zero-order valence-corrected chi connectivity index (χ0v) is 21.2. The molecule has 37 heavy (non-hydrogen) atoms. The maximum absolute atomic E-state index is 15.6. The highest BCUT2D eigenvalue weighted by molar-refractivity contribution is 6.33. The number of aromatic hydroxyl groups is 1. The van der Waals surface area contributed by atoms with Gasteiger partial charge in [0.2, 0.25) is 5.78 Å². The molecule has 0 unspecified atom stereocenters. The zero-order chi connectivity index (χ0) is 27.6. The van der Waals surface area contributed by atoms with Gasteiger partial charge in [-0.05, 0) is 51.4 Å². The van der Waals surface area contributed by atoms with Gasteiger partial charge in [0.15, 0.2) is 5.60 Å². The van der Waals surface area contributed by atoms with Crippen LogP contribution >= 0.6 is 0 Å². The van der Waals surface area contributed by atoms with Crippen LogP contribution in [0.25, 0.3) is 5.76 Å². The van der Waals surface area contributed by atoms with Crippen molar-refractivity contribution in [2.24, 2.45) is 23.5 Å². The van der Waals surface area contributed by atoms with Gasteiger partial charge in [-0.15, -0.1) is 0 Å². The third-order valence-corrected chi connectivity index (χ3v) is 7.65. The Hall–Kier alpha value is -3.28. The lowest BCUT2D eigenvalue weighted by atomic mass is 9.57. The molecule has 11 heteroatoms. The number of amides is 1. The van der Waals surface area contributed by atoms with Gasteiger partial charge in [-0.1, -0.05) is 13.8 Å². The molecule has 0 aromatic heterocycles. The third kappa shape index (κ3) is 3.92. The predicted molar refractivity (Wildman–Crippen MR) is 133 cm³/mol. The van der Waals surface area contributed by atoms with Crippen LogP contribution in [-0.2, 0) is 22.6 Å². The van der Waals surface area contributed by atoms with Crippen LogP contribution in [0.5, 0.6) is 5.75 Å². The van der Waals surface area contributed by atoms with Crippen LogP contribution in [0, 0.1) is 29.0 Å². The monoisotopic (exact) mass is 516 g/mol. The number of carbonyl (C=O) groups excluding carboxylic acids is 2. The molecule has 3 aliphatic carbocycles. The van der Waals surface area contributed by atoms with E-state index in [-0.39, 0.29) is 41.6 Å². The largest absolute Gasteiger partial charge is 0.510 e. The van der Waals surface area contributed by atoms with Gasteiger partial charge in [-0.25, -0.2) is 4.39 Å². The molecular formula is C26H33FN4O6. The number of aliphatic hydroxyl groups excluding tert-OH is 2. The number of carbonyl (C=O) groups is 2. The van der Waals surface area contributed by atoms with Crippen molar-refractivity contribution < 1.29 is 34.4 Å². The van der Waals surface area contributed by atoms with E-state index in [1.165, 1.54) is 11.0 Å². The number of rotatable bonds is 6. The van der Waals surface area contributed by atoms with Gasteiger partial charge in [0.05, 0.1) is 17.3 Å². The van der Waals surface area contributed by atoms with Crippen LogP contribution in [-0.4, -0.2) is 75.0 Å². The number of phenolic OH excluding ortho intramolecular Hbond substituents is 1. The number of likely N-dealkylation sites (N-methyl/N-ethyl adjacent to an activating group) is 1. The number of nitrogens with one attached hydrogen (secondary N) is 2. The van der Waals surface area contributed by atoms with Crippen molar-refractivity contribution >= 4 is 23.2 Å². The van der Waals surface area contributed by atoms with Crippen molar-refractivity contribution in [3.8, 4) is 5.75 Å². The number of Topliss-reactive ketones (excluding diaryl/α,β-unsaturated/α-hetero) is 1. The molecule has 0 saturated heterocycles. The van der Waals surface area contributed by atoms with Gasteiger partial charge in [0, 0.05) is 29.2 Å². The van der Waals surface area contributed by atoms with Gasteiger partial charge in [0.1, 0.15) is 28.7 Å².